The summed E-state index contributed by atoms with van der Waals surface area (Å²) in [5, 5.41) is 3.40. The van der Waals surface area contributed by atoms with Crippen molar-refractivity contribution in [2.24, 2.45) is 0 Å². The number of halogens is 2. The van der Waals surface area contributed by atoms with E-state index in [1.54, 1.807) is 10.6 Å². The molecule has 0 amide bonds. The Morgan fingerprint density at radius 3 is 2.65 bits per heavy atom. The Balaban J connectivity index is 1.93. The summed E-state index contributed by atoms with van der Waals surface area (Å²) in [4.78, 5) is 4.44. The Labute approximate surface area is 116 Å². The number of hydrogen-bond donors (Lipinski definition) is 1. The number of rotatable bonds is 3. The van der Waals surface area contributed by atoms with E-state index in [-0.39, 0.29) is 0 Å². The van der Waals surface area contributed by atoms with E-state index in [9.17, 15) is 8.78 Å². The second-order valence-corrected chi connectivity index (χ2v) is 5.30. The topological polar surface area (TPSA) is 29.9 Å². The van der Waals surface area contributed by atoms with Gasteiger partial charge in [-0.15, -0.1) is 0 Å². The maximum Gasteiger partial charge on any atom is 0.207 e. The molecule has 2 aromatic rings. The van der Waals surface area contributed by atoms with Gasteiger partial charge in [-0.2, -0.15) is 0 Å². The average Bonchev–Trinajstić information content (AvgIpc) is 3.03. The molecule has 3 rings (SSSR count). The summed E-state index contributed by atoms with van der Waals surface area (Å²) in [5.74, 6) is -0.989. The number of imidazole rings is 1. The second kappa shape index (κ2) is 5.23. The van der Waals surface area contributed by atoms with E-state index in [0.717, 1.165) is 24.6 Å². The Hall–Kier alpha value is -1.91. The minimum Gasteiger partial charge on any atom is -0.353 e. The molecular formula is C15H17F2N3. The highest BCUT2D eigenvalue weighted by Gasteiger charge is 2.18. The number of nitrogens with one attached hydrogen (secondary N) is 1. The molecule has 0 aliphatic heterocycles. The number of anilines is 1. The monoisotopic (exact) mass is 277 g/mol. The molecule has 1 aliphatic rings. The largest absolute Gasteiger partial charge is 0.353 e. The van der Waals surface area contributed by atoms with Crippen molar-refractivity contribution in [1.82, 2.24) is 9.55 Å². The molecule has 1 aromatic carbocycles. The first-order valence-electron chi connectivity index (χ1n) is 6.91. The van der Waals surface area contributed by atoms with E-state index < -0.39 is 11.6 Å². The first kappa shape index (κ1) is 13.1. The minimum atomic E-state index is -0.847. The van der Waals surface area contributed by atoms with Gasteiger partial charge >= 0.3 is 0 Å². The number of aromatic nitrogens is 2. The van der Waals surface area contributed by atoms with Gasteiger partial charge in [-0.25, -0.2) is 13.8 Å². The van der Waals surface area contributed by atoms with Crippen molar-refractivity contribution >= 4 is 5.95 Å². The first-order valence-corrected chi connectivity index (χ1v) is 6.91. The van der Waals surface area contributed by atoms with E-state index in [0.29, 0.717) is 17.7 Å². The van der Waals surface area contributed by atoms with Crippen LogP contribution in [0.1, 0.15) is 31.4 Å². The number of benzene rings is 1. The molecule has 0 atom stereocenters. The smallest absolute Gasteiger partial charge is 0.207 e. The van der Waals surface area contributed by atoms with E-state index in [1.807, 2.05) is 13.1 Å². The lowest BCUT2D eigenvalue weighted by Crippen LogP contribution is -2.17. The summed E-state index contributed by atoms with van der Waals surface area (Å²) < 4.78 is 28.2. The number of hydrogen-bond acceptors (Lipinski definition) is 2. The molecule has 1 N–H and O–H groups in total. The predicted octanol–water partition coefficient (Wildman–Crippen LogP) is 3.81. The van der Waals surface area contributed by atoms with Crippen molar-refractivity contribution in [1.29, 1.82) is 0 Å². The zero-order chi connectivity index (χ0) is 14.1. The summed E-state index contributed by atoms with van der Waals surface area (Å²) in [5.41, 5.74) is 1.42. The van der Waals surface area contributed by atoms with Gasteiger partial charge in [-0.05, 0) is 31.9 Å². The molecule has 0 unspecified atom stereocenters. The lowest BCUT2D eigenvalue weighted by molar-refractivity contribution is 0.508. The maximum absolute atomic E-state index is 13.4. The van der Waals surface area contributed by atoms with E-state index >= 15 is 0 Å². The first-order chi connectivity index (χ1) is 9.63. The highest BCUT2D eigenvalue weighted by Crippen LogP contribution is 2.24. The summed E-state index contributed by atoms with van der Waals surface area (Å²) in [6, 6.07) is 4.30. The Morgan fingerprint density at radius 2 is 1.95 bits per heavy atom. The zero-order valence-corrected chi connectivity index (χ0v) is 11.4. The van der Waals surface area contributed by atoms with E-state index in [4.69, 9.17) is 0 Å². The molecule has 0 radical (unpaired) electrons. The minimum absolute atomic E-state index is 0.417. The van der Waals surface area contributed by atoms with Crippen molar-refractivity contribution in [2.75, 3.05) is 5.32 Å². The van der Waals surface area contributed by atoms with Crippen LogP contribution in [0.3, 0.4) is 0 Å². The third-order valence-electron chi connectivity index (χ3n) is 3.70. The summed E-state index contributed by atoms with van der Waals surface area (Å²) >= 11 is 0. The highest BCUT2D eigenvalue weighted by molar-refractivity contribution is 5.44. The van der Waals surface area contributed by atoms with Crippen LogP contribution in [-0.2, 0) is 0 Å². The average molecular weight is 277 g/mol. The quantitative estimate of drug-likeness (QED) is 0.924. The zero-order valence-electron chi connectivity index (χ0n) is 11.4. The molecular weight excluding hydrogens is 260 g/mol. The van der Waals surface area contributed by atoms with Gasteiger partial charge in [0.1, 0.15) is 0 Å². The van der Waals surface area contributed by atoms with Crippen LogP contribution in [0.4, 0.5) is 14.7 Å². The number of nitrogens with zero attached hydrogens (tertiary/aromatic N) is 2. The van der Waals surface area contributed by atoms with Crippen molar-refractivity contribution < 1.29 is 8.78 Å². The van der Waals surface area contributed by atoms with E-state index in [1.165, 1.54) is 18.9 Å². The van der Waals surface area contributed by atoms with Gasteiger partial charge in [0.05, 0.1) is 11.4 Å². The van der Waals surface area contributed by atoms with Gasteiger partial charge < -0.3 is 5.32 Å². The van der Waals surface area contributed by atoms with Crippen molar-refractivity contribution in [3.05, 3.63) is 41.7 Å². The molecule has 1 saturated carbocycles. The lowest BCUT2D eigenvalue weighted by Gasteiger charge is -2.14. The van der Waals surface area contributed by atoms with Crippen LogP contribution in [-0.4, -0.2) is 15.6 Å². The highest BCUT2D eigenvalue weighted by atomic mass is 19.2. The Morgan fingerprint density at radius 1 is 1.20 bits per heavy atom. The molecule has 1 aromatic heterocycles. The SMILES string of the molecule is Cc1cn(-c2ccc(F)c(F)c2)c(NC2CCCC2)n1. The summed E-state index contributed by atoms with van der Waals surface area (Å²) in [6.07, 6.45) is 6.53. The van der Waals surface area contributed by atoms with Crippen LogP contribution in [0.2, 0.25) is 0 Å². The predicted molar refractivity (Wildman–Crippen MR) is 74.1 cm³/mol. The summed E-state index contributed by atoms with van der Waals surface area (Å²) in [7, 11) is 0. The van der Waals surface area contributed by atoms with Crippen LogP contribution >= 0.6 is 0 Å². The molecule has 5 heteroatoms. The normalized spacial score (nSPS) is 15.8. The van der Waals surface area contributed by atoms with Gasteiger partial charge in [0, 0.05) is 18.3 Å². The van der Waals surface area contributed by atoms with Crippen molar-refractivity contribution in [3.63, 3.8) is 0 Å². The van der Waals surface area contributed by atoms with Gasteiger partial charge in [0.2, 0.25) is 5.95 Å². The van der Waals surface area contributed by atoms with Crippen molar-refractivity contribution in [3.8, 4) is 5.69 Å². The fraction of sp³-hybridized carbons (Fsp3) is 0.400. The molecule has 106 valence electrons. The molecule has 1 fully saturated rings. The molecule has 0 bridgehead atoms. The van der Waals surface area contributed by atoms with Crippen LogP contribution < -0.4 is 5.32 Å². The Bertz CT molecular complexity index is 616. The maximum atomic E-state index is 13.4. The van der Waals surface area contributed by atoms with E-state index in [2.05, 4.69) is 10.3 Å². The summed E-state index contributed by atoms with van der Waals surface area (Å²) in [6.45, 7) is 1.89. The van der Waals surface area contributed by atoms with Gasteiger partial charge in [-0.1, -0.05) is 12.8 Å². The third kappa shape index (κ3) is 2.53. The van der Waals surface area contributed by atoms with Crippen LogP contribution in [0, 0.1) is 18.6 Å². The molecule has 1 aliphatic carbocycles. The van der Waals surface area contributed by atoms with Gasteiger partial charge in [0.15, 0.2) is 11.6 Å². The fourth-order valence-corrected chi connectivity index (χ4v) is 2.68. The van der Waals surface area contributed by atoms with Crippen molar-refractivity contribution in [2.45, 2.75) is 38.6 Å². The Kier molecular flexibility index (Phi) is 3.42. The lowest BCUT2D eigenvalue weighted by atomic mass is 10.2. The van der Waals surface area contributed by atoms with Gasteiger partial charge in [0.25, 0.3) is 0 Å². The van der Waals surface area contributed by atoms with Gasteiger partial charge in [-0.3, -0.25) is 4.57 Å². The fourth-order valence-electron chi connectivity index (χ4n) is 2.68. The number of aryl methyl sites for hydroxylation is 1. The molecule has 3 nitrogen and oxygen atoms in total. The second-order valence-electron chi connectivity index (χ2n) is 5.30. The van der Waals surface area contributed by atoms with Crippen LogP contribution in [0.15, 0.2) is 24.4 Å². The third-order valence-corrected chi connectivity index (χ3v) is 3.70. The molecule has 0 saturated heterocycles. The standard InChI is InChI=1S/C15H17F2N3/c1-10-9-20(12-6-7-13(16)14(17)8-12)15(18-10)19-11-4-2-3-5-11/h6-9,11H,2-5H2,1H3,(H,18,19). The van der Waals surface area contributed by atoms with Crippen LogP contribution in [0.25, 0.3) is 5.69 Å². The molecule has 20 heavy (non-hydrogen) atoms. The molecule has 1 heterocycles. The van der Waals surface area contributed by atoms with Crippen LogP contribution in [0.5, 0.6) is 0 Å². The molecule has 0 spiro atoms.